The number of aryl methyl sites for hydroxylation is 1. The van der Waals surface area contributed by atoms with E-state index in [1.54, 1.807) is 11.9 Å². The molecule has 0 spiro atoms. The van der Waals surface area contributed by atoms with E-state index in [0.29, 0.717) is 18.7 Å². The molecule has 0 saturated carbocycles. The van der Waals surface area contributed by atoms with E-state index in [4.69, 9.17) is 4.74 Å². The van der Waals surface area contributed by atoms with Gasteiger partial charge in [0.05, 0.1) is 0 Å². The van der Waals surface area contributed by atoms with Gasteiger partial charge in [0.2, 0.25) is 5.91 Å². The largest absolute Gasteiger partial charge is 0.483 e. The number of benzene rings is 4. The molecule has 0 fully saturated rings. The van der Waals surface area contributed by atoms with Crippen molar-refractivity contribution in [1.29, 1.82) is 0 Å². The minimum atomic E-state index is -0.675. The van der Waals surface area contributed by atoms with E-state index in [1.165, 1.54) is 0 Å². The summed E-state index contributed by atoms with van der Waals surface area (Å²) >= 11 is 0. The topological polar surface area (TPSA) is 58.6 Å². The average Bonchev–Trinajstić information content (AvgIpc) is 2.90. The highest BCUT2D eigenvalue weighted by Crippen LogP contribution is 2.25. The van der Waals surface area contributed by atoms with E-state index in [2.05, 4.69) is 5.32 Å². The Labute approximate surface area is 206 Å². The van der Waals surface area contributed by atoms with E-state index in [0.717, 1.165) is 27.5 Å². The first-order valence-corrected chi connectivity index (χ1v) is 11.8. The number of carbonyl (C=O) groups excluding carboxylic acids is 2. The van der Waals surface area contributed by atoms with Crippen molar-refractivity contribution in [3.8, 4) is 5.75 Å². The minimum absolute atomic E-state index is 0.165. The maximum atomic E-state index is 13.6. The summed E-state index contributed by atoms with van der Waals surface area (Å²) in [6.45, 7) is 2.16. The molecule has 1 atom stereocenters. The van der Waals surface area contributed by atoms with E-state index in [1.807, 2.05) is 104 Å². The third-order valence-electron chi connectivity index (χ3n) is 6.22. The summed E-state index contributed by atoms with van der Waals surface area (Å²) in [5.74, 6) is 0.193. The van der Waals surface area contributed by atoms with E-state index in [9.17, 15) is 9.59 Å². The second-order valence-electron chi connectivity index (χ2n) is 8.53. The van der Waals surface area contributed by atoms with Crippen molar-refractivity contribution >= 4 is 22.6 Å². The lowest BCUT2D eigenvalue weighted by atomic mass is 10.0. The van der Waals surface area contributed by atoms with Gasteiger partial charge in [0.25, 0.3) is 5.91 Å². The molecule has 0 aromatic heterocycles. The second kappa shape index (κ2) is 11.3. The molecule has 2 amide bonds. The van der Waals surface area contributed by atoms with Crippen molar-refractivity contribution in [2.24, 2.45) is 0 Å². The van der Waals surface area contributed by atoms with Crippen LogP contribution in [0.4, 0.5) is 0 Å². The van der Waals surface area contributed by atoms with Gasteiger partial charge in [0, 0.05) is 25.4 Å². The summed E-state index contributed by atoms with van der Waals surface area (Å²) in [4.78, 5) is 28.3. The highest BCUT2D eigenvalue weighted by molar-refractivity contribution is 5.90. The van der Waals surface area contributed by atoms with Crippen molar-refractivity contribution in [3.05, 3.63) is 114 Å². The molecule has 0 aliphatic carbocycles. The maximum absolute atomic E-state index is 13.6. The summed E-state index contributed by atoms with van der Waals surface area (Å²) < 4.78 is 6.02. The molecule has 0 aliphatic heterocycles. The molecular formula is C30H30N2O3. The zero-order chi connectivity index (χ0) is 24.6. The number of nitrogens with one attached hydrogen (secondary N) is 1. The van der Waals surface area contributed by atoms with Crippen LogP contribution in [0.2, 0.25) is 0 Å². The standard InChI is InChI=1S/C30H30N2O3/c1-22-11-6-7-15-25(22)20-32(27(30(34)31-2)19-23-12-4-3-5-13-23)29(33)21-35-28-18-10-16-24-14-8-9-17-26(24)28/h3-18,27H,19-21H2,1-2H3,(H,31,34)/t27-/m0/s1. The predicted molar refractivity (Wildman–Crippen MR) is 139 cm³/mol. The van der Waals surface area contributed by atoms with Gasteiger partial charge in [-0.15, -0.1) is 0 Å². The SMILES string of the molecule is CNC(=O)[C@H](Cc1ccccc1)N(Cc1ccccc1C)C(=O)COc1cccc2ccccc12. The molecule has 4 rings (SSSR count). The van der Waals surface area contributed by atoms with Crippen molar-refractivity contribution in [2.45, 2.75) is 25.9 Å². The van der Waals surface area contributed by atoms with Gasteiger partial charge >= 0.3 is 0 Å². The van der Waals surface area contributed by atoms with Gasteiger partial charge in [-0.1, -0.05) is 91.0 Å². The molecule has 1 N–H and O–H groups in total. The average molecular weight is 467 g/mol. The molecule has 178 valence electrons. The predicted octanol–water partition coefficient (Wildman–Crippen LogP) is 4.91. The van der Waals surface area contributed by atoms with Gasteiger partial charge in [0.15, 0.2) is 6.61 Å². The first-order valence-electron chi connectivity index (χ1n) is 11.8. The fourth-order valence-corrected chi connectivity index (χ4v) is 4.24. The third kappa shape index (κ3) is 5.87. The first-order chi connectivity index (χ1) is 17.1. The molecule has 0 radical (unpaired) electrons. The summed E-state index contributed by atoms with van der Waals surface area (Å²) in [5.41, 5.74) is 3.04. The zero-order valence-electron chi connectivity index (χ0n) is 20.1. The Morgan fingerprint density at radius 2 is 1.54 bits per heavy atom. The molecule has 5 nitrogen and oxygen atoms in total. The number of ether oxygens (including phenoxy) is 1. The Balaban J connectivity index is 1.63. The normalized spacial score (nSPS) is 11.6. The van der Waals surface area contributed by atoms with Crippen LogP contribution in [-0.2, 0) is 22.6 Å². The van der Waals surface area contributed by atoms with Gasteiger partial charge in [-0.3, -0.25) is 9.59 Å². The Morgan fingerprint density at radius 3 is 2.31 bits per heavy atom. The smallest absolute Gasteiger partial charge is 0.261 e. The second-order valence-corrected chi connectivity index (χ2v) is 8.53. The van der Waals surface area contributed by atoms with Crippen molar-refractivity contribution in [2.75, 3.05) is 13.7 Å². The molecule has 4 aromatic carbocycles. The van der Waals surface area contributed by atoms with E-state index in [-0.39, 0.29) is 18.4 Å². The lowest BCUT2D eigenvalue weighted by molar-refractivity contribution is -0.142. The van der Waals surface area contributed by atoms with Crippen molar-refractivity contribution in [1.82, 2.24) is 10.2 Å². The molecule has 0 saturated heterocycles. The maximum Gasteiger partial charge on any atom is 0.261 e. The van der Waals surface area contributed by atoms with E-state index >= 15 is 0 Å². The fraction of sp³-hybridized carbons (Fsp3) is 0.200. The Hall–Kier alpha value is -4.12. The van der Waals surface area contributed by atoms with E-state index < -0.39 is 6.04 Å². The molecule has 0 unspecified atom stereocenters. The van der Waals surface area contributed by atoms with Crippen LogP contribution in [0.1, 0.15) is 16.7 Å². The van der Waals surface area contributed by atoms with Gasteiger partial charge in [-0.25, -0.2) is 0 Å². The monoisotopic (exact) mass is 466 g/mol. The van der Waals surface area contributed by atoms with Crippen LogP contribution >= 0.6 is 0 Å². The molecule has 0 bridgehead atoms. The Morgan fingerprint density at radius 1 is 0.857 bits per heavy atom. The number of hydrogen-bond acceptors (Lipinski definition) is 3. The summed E-state index contributed by atoms with van der Waals surface area (Å²) in [5, 5.41) is 4.73. The summed E-state index contributed by atoms with van der Waals surface area (Å²) in [6, 6.07) is 30.7. The number of likely N-dealkylation sites (N-methyl/N-ethyl adjacent to an activating group) is 1. The molecule has 35 heavy (non-hydrogen) atoms. The first kappa shape index (κ1) is 24.0. The molecule has 5 heteroatoms. The van der Waals surface area contributed by atoms with Gasteiger partial charge in [-0.2, -0.15) is 0 Å². The van der Waals surface area contributed by atoms with Crippen LogP contribution in [-0.4, -0.2) is 36.4 Å². The number of nitrogens with zero attached hydrogens (tertiary/aromatic N) is 1. The molecule has 0 heterocycles. The molecule has 0 aliphatic rings. The Bertz CT molecular complexity index is 1300. The van der Waals surface area contributed by atoms with Crippen molar-refractivity contribution in [3.63, 3.8) is 0 Å². The lowest BCUT2D eigenvalue weighted by Crippen LogP contribution is -2.51. The zero-order valence-corrected chi connectivity index (χ0v) is 20.1. The van der Waals surface area contributed by atoms with Crippen molar-refractivity contribution < 1.29 is 14.3 Å². The van der Waals surface area contributed by atoms with Gasteiger partial charge < -0.3 is 15.0 Å². The fourth-order valence-electron chi connectivity index (χ4n) is 4.24. The van der Waals surface area contributed by atoms with Crippen LogP contribution in [0.15, 0.2) is 97.1 Å². The van der Waals surface area contributed by atoms with Crippen LogP contribution in [0, 0.1) is 6.92 Å². The molecule has 4 aromatic rings. The third-order valence-corrected chi connectivity index (χ3v) is 6.22. The highest BCUT2D eigenvalue weighted by Gasteiger charge is 2.30. The number of amides is 2. The van der Waals surface area contributed by atoms with Crippen LogP contribution in [0.3, 0.4) is 0 Å². The van der Waals surface area contributed by atoms with Crippen LogP contribution in [0.5, 0.6) is 5.75 Å². The van der Waals surface area contributed by atoms with Crippen LogP contribution in [0.25, 0.3) is 10.8 Å². The lowest BCUT2D eigenvalue weighted by Gasteiger charge is -2.31. The summed E-state index contributed by atoms with van der Waals surface area (Å²) in [7, 11) is 1.60. The Kier molecular flexibility index (Phi) is 7.78. The number of carbonyl (C=O) groups is 2. The minimum Gasteiger partial charge on any atom is -0.483 e. The summed E-state index contributed by atoms with van der Waals surface area (Å²) in [6.07, 6.45) is 0.409. The van der Waals surface area contributed by atoms with Crippen LogP contribution < -0.4 is 10.1 Å². The number of rotatable bonds is 9. The highest BCUT2D eigenvalue weighted by atomic mass is 16.5. The number of fused-ring (bicyclic) bond motifs is 1. The number of hydrogen-bond donors (Lipinski definition) is 1. The quantitative estimate of drug-likeness (QED) is 0.381. The van der Waals surface area contributed by atoms with Gasteiger partial charge in [-0.05, 0) is 35.1 Å². The molecular weight excluding hydrogens is 436 g/mol. The van der Waals surface area contributed by atoms with Gasteiger partial charge in [0.1, 0.15) is 11.8 Å².